The maximum absolute atomic E-state index is 13.2. The Balaban J connectivity index is 2.35. The molecule has 0 unspecified atom stereocenters. The third-order valence-electron chi connectivity index (χ3n) is 2.77. The first-order valence-electron chi connectivity index (χ1n) is 5.57. The number of carbonyl (C=O) groups excluding carboxylic acids is 1. The molecule has 0 saturated carbocycles. The van der Waals surface area contributed by atoms with Crippen molar-refractivity contribution in [3.05, 3.63) is 51.8 Å². The molecule has 2 aromatic rings. The molecule has 1 aromatic carbocycles. The third-order valence-corrected chi connectivity index (χ3v) is 3.38. The van der Waals surface area contributed by atoms with Crippen LogP contribution in [0.2, 0.25) is 0 Å². The van der Waals surface area contributed by atoms with Crippen molar-refractivity contribution in [1.29, 1.82) is 0 Å². The summed E-state index contributed by atoms with van der Waals surface area (Å²) >= 11 is 3.14. The Morgan fingerprint density at radius 3 is 2.89 bits per heavy atom. The summed E-state index contributed by atoms with van der Waals surface area (Å²) in [5, 5.41) is 0. The van der Waals surface area contributed by atoms with E-state index >= 15 is 0 Å². The number of nitrogens with zero attached hydrogens (tertiary/aromatic N) is 2. The number of ether oxygens (including phenoxy) is 1. The molecule has 0 bridgehead atoms. The van der Waals surface area contributed by atoms with Crippen LogP contribution in [-0.2, 0) is 11.3 Å². The minimum Gasteiger partial charge on any atom is -0.464 e. The van der Waals surface area contributed by atoms with Crippen LogP contribution in [0, 0.1) is 12.7 Å². The maximum atomic E-state index is 13.2. The normalized spacial score (nSPS) is 10.5. The fourth-order valence-corrected chi connectivity index (χ4v) is 2.18. The Morgan fingerprint density at radius 1 is 1.53 bits per heavy atom. The molecule has 19 heavy (non-hydrogen) atoms. The second-order valence-electron chi connectivity index (χ2n) is 4.02. The monoisotopic (exact) mass is 326 g/mol. The first-order valence-corrected chi connectivity index (χ1v) is 6.36. The molecule has 0 saturated heterocycles. The van der Waals surface area contributed by atoms with Gasteiger partial charge in [0.15, 0.2) is 0 Å². The Hall–Kier alpha value is -1.69. The van der Waals surface area contributed by atoms with Gasteiger partial charge < -0.3 is 9.30 Å². The molecule has 0 amide bonds. The van der Waals surface area contributed by atoms with E-state index in [-0.39, 0.29) is 5.82 Å². The quantitative estimate of drug-likeness (QED) is 0.814. The molecule has 0 radical (unpaired) electrons. The molecular weight excluding hydrogens is 315 g/mol. The van der Waals surface area contributed by atoms with Crippen molar-refractivity contribution < 1.29 is 13.9 Å². The fraction of sp³-hybridized carbons (Fsp3) is 0.231. The van der Waals surface area contributed by atoms with Crippen molar-refractivity contribution in [3.8, 4) is 0 Å². The Bertz CT molecular complexity index is 625. The molecule has 0 atom stereocenters. The summed E-state index contributed by atoms with van der Waals surface area (Å²) in [7, 11) is 1.32. The number of aromatic nitrogens is 2. The van der Waals surface area contributed by atoms with E-state index in [1.54, 1.807) is 23.6 Å². The fourth-order valence-electron chi connectivity index (χ4n) is 1.76. The van der Waals surface area contributed by atoms with Crippen molar-refractivity contribution in [2.24, 2.45) is 0 Å². The van der Waals surface area contributed by atoms with Gasteiger partial charge in [-0.05, 0) is 40.5 Å². The minimum atomic E-state index is -0.443. The summed E-state index contributed by atoms with van der Waals surface area (Å²) in [5.74, 6) is -0.0677. The molecule has 0 aliphatic carbocycles. The number of benzene rings is 1. The number of hydrogen-bond donors (Lipinski definition) is 0. The molecule has 0 fully saturated rings. The second kappa shape index (κ2) is 5.52. The number of hydrogen-bond acceptors (Lipinski definition) is 3. The lowest BCUT2D eigenvalue weighted by molar-refractivity contribution is 0.0588. The molecular formula is C13H12BrFN2O2. The van der Waals surface area contributed by atoms with E-state index in [1.807, 2.05) is 0 Å². The van der Waals surface area contributed by atoms with Crippen LogP contribution in [0.15, 0.2) is 28.9 Å². The SMILES string of the molecule is COC(=O)c1cnc(C)n1Cc1ccc(F)c(Br)c1. The number of esters is 1. The van der Waals surface area contributed by atoms with Crippen LogP contribution >= 0.6 is 15.9 Å². The van der Waals surface area contributed by atoms with Crippen LogP contribution < -0.4 is 0 Å². The largest absolute Gasteiger partial charge is 0.464 e. The van der Waals surface area contributed by atoms with Gasteiger partial charge >= 0.3 is 5.97 Å². The zero-order chi connectivity index (χ0) is 14.0. The summed E-state index contributed by atoms with van der Waals surface area (Å²) < 4.78 is 20.0. The van der Waals surface area contributed by atoms with Gasteiger partial charge in [0.1, 0.15) is 17.3 Å². The lowest BCUT2D eigenvalue weighted by Crippen LogP contribution is -2.12. The summed E-state index contributed by atoms with van der Waals surface area (Å²) in [5.41, 5.74) is 1.24. The number of carbonyl (C=O) groups is 1. The highest BCUT2D eigenvalue weighted by atomic mass is 79.9. The van der Waals surface area contributed by atoms with Crippen LogP contribution in [-0.4, -0.2) is 22.6 Å². The van der Waals surface area contributed by atoms with Crippen molar-refractivity contribution in [2.45, 2.75) is 13.5 Å². The predicted octanol–water partition coefficient (Wildman–Crippen LogP) is 2.93. The average Bonchev–Trinajstić information content (AvgIpc) is 2.75. The van der Waals surface area contributed by atoms with Gasteiger partial charge in [0.2, 0.25) is 0 Å². The topological polar surface area (TPSA) is 44.1 Å². The molecule has 100 valence electrons. The van der Waals surface area contributed by atoms with Gasteiger partial charge in [0.25, 0.3) is 0 Å². The number of aryl methyl sites for hydroxylation is 1. The van der Waals surface area contributed by atoms with Crippen LogP contribution in [0.1, 0.15) is 21.9 Å². The first-order chi connectivity index (χ1) is 9.02. The van der Waals surface area contributed by atoms with E-state index in [2.05, 4.69) is 20.9 Å². The second-order valence-corrected chi connectivity index (χ2v) is 4.87. The van der Waals surface area contributed by atoms with Crippen LogP contribution in [0.4, 0.5) is 4.39 Å². The third kappa shape index (κ3) is 2.84. The standard InChI is InChI=1S/C13H12BrFN2O2/c1-8-16-6-12(13(18)19-2)17(8)7-9-3-4-11(15)10(14)5-9/h3-6H,7H2,1-2H3. The van der Waals surface area contributed by atoms with Crippen LogP contribution in [0.25, 0.3) is 0 Å². The smallest absolute Gasteiger partial charge is 0.356 e. The van der Waals surface area contributed by atoms with Crippen molar-refractivity contribution in [1.82, 2.24) is 9.55 Å². The van der Waals surface area contributed by atoms with E-state index in [9.17, 15) is 9.18 Å². The lowest BCUT2D eigenvalue weighted by Gasteiger charge is -2.09. The average molecular weight is 327 g/mol. The van der Waals surface area contributed by atoms with Crippen molar-refractivity contribution >= 4 is 21.9 Å². The highest BCUT2D eigenvalue weighted by Crippen LogP contribution is 2.18. The molecule has 0 aliphatic rings. The van der Waals surface area contributed by atoms with Gasteiger partial charge in [0.05, 0.1) is 17.8 Å². The van der Waals surface area contributed by atoms with E-state index in [1.165, 1.54) is 19.4 Å². The van der Waals surface area contributed by atoms with Crippen molar-refractivity contribution in [3.63, 3.8) is 0 Å². The molecule has 2 rings (SSSR count). The molecule has 0 spiro atoms. The molecule has 6 heteroatoms. The summed E-state index contributed by atoms with van der Waals surface area (Å²) in [6.07, 6.45) is 1.47. The van der Waals surface area contributed by atoms with Crippen LogP contribution in [0.3, 0.4) is 0 Å². The number of imidazole rings is 1. The lowest BCUT2D eigenvalue weighted by atomic mass is 10.2. The van der Waals surface area contributed by atoms with E-state index < -0.39 is 5.97 Å². The number of methoxy groups -OCH3 is 1. The highest BCUT2D eigenvalue weighted by molar-refractivity contribution is 9.10. The van der Waals surface area contributed by atoms with E-state index in [0.29, 0.717) is 22.5 Å². The Morgan fingerprint density at radius 2 is 2.26 bits per heavy atom. The zero-order valence-corrected chi connectivity index (χ0v) is 12.1. The summed E-state index contributed by atoms with van der Waals surface area (Å²) in [4.78, 5) is 15.7. The van der Waals surface area contributed by atoms with Gasteiger partial charge in [-0.25, -0.2) is 14.2 Å². The number of rotatable bonds is 3. The van der Waals surface area contributed by atoms with Gasteiger partial charge in [-0.1, -0.05) is 6.07 Å². The van der Waals surface area contributed by atoms with Gasteiger partial charge in [-0.2, -0.15) is 0 Å². The van der Waals surface area contributed by atoms with Gasteiger partial charge in [-0.15, -0.1) is 0 Å². The van der Waals surface area contributed by atoms with Crippen molar-refractivity contribution in [2.75, 3.05) is 7.11 Å². The Labute approximate surface area is 118 Å². The summed E-state index contributed by atoms with van der Waals surface area (Å²) in [6.45, 7) is 2.22. The molecule has 1 heterocycles. The molecule has 0 N–H and O–H groups in total. The molecule has 1 aromatic heterocycles. The van der Waals surface area contributed by atoms with Gasteiger partial charge in [0, 0.05) is 6.54 Å². The number of halogens is 2. The minimum absolute atomic E-state index is 0.320. The molecule has 0 aliphatic heterocycles. The predicted molar refractivity (Wildman–Crippen MR) is 71.5 cm³/mol. The maximum Gasteiger partial charge on any atom is 0.356 e. The summed E-state index contributed by atoms with van der Waals surface area (Å²) in [6, 6.07) is 4.72. The van der Waals surface area contributed by atoms with Gasteiger partial charge in [-0.3, -0.25) is 0 Å². The Kier molecular flexibility index (Phi) is 3.99. The zero-order valence-electron chi connectivity index (χ0n) is 10.5. The van der Waals surface area contributed by atoms with E-state index in [4.69, 9.17) is 4.74 Å². The van der Waals surface area contributed by atoms with Crippen LogP contribution in [0.5, 0.6) is 0 Å². The highest BCUT2D eigenvalue weighted by Gasteiger charge is 2.15. The van der Waals surface area contributed by atoms with E-state index in [0.717, 1.165) is 5.56 Å². The first kappa shape index (κ1) is 13.7. The molecule has 4 nitrogen and oxygen atoms in total.